The fourth-order valence-electron chi connectivity index (χ4n) is 2.55. The van der Waals surface area contributed by atoms with E-state index >= 15 is 0 Å². The van der Waals surface area contributed by atoms with Crippen molar-refractivity contribution in [1.29, 1.82) is 0 Å². The van der Waals surface area contributed by atoms with E-state index in [1.54, 1.807) is 29.2 Å². The highest BCUT2D eigenvalue weighted by Gasteiger charge is 2.34. The largest absolute Gasteiger partial charge is 0.405 e. The van der Waals surface area contributed by atoms with Gasteiger partial charge in [0.25, 0.3) is 0 Å². The lowest BCUT2D eigenvalue weighted by Gasteiger charge is -2.23. The van der Waals surface area contributed by atoms with E-state index in [1.165, 1.54) is 0 Å². The van der Waals surface area contributed by atoms with Crippen molar-refractivity contribution in [1.82, 2.24) is 10.2 Å². The summed E-state index contributed by atoms with van der Waals surface area (Å²) in [6.45, 7) is -0.989. The van der Waals surface area contributed by atoms with Crippen LogP contribution in [0.3, 0.4) is 0 Å². The highest BCUT2D eigenvalue weighted by molar-refractivity contribution is 6.33. The van der Waals surface area contributed by atoms with Crippen LogP contribution in [0.1, 0.15) is 12.8 Å². The smallest absolute Gasteiger partial charge is 0.346 e. The first-order valence-electron chi connectivity index (χ1n) is 7.39. The normalized spacial score (nSPS) is 18.4. The maximum absolute atomic E-state index is 12.2. The molecule has 1 aliphatic heterocycles. The van der Waals surface area contributed by atoms with Gasteiger partial charge in [0.2, 0.25) is 11.8 Å². The van der Waals surface area contributed by atoms with Gasteiger partial charge in [-0.25, -0.2) is 0 Å². The molecule has 1 aliphatic rings. The Morgan fingerprint density at radius 1 is 1.29 bits per heavy atom. The first-order chi connectivity index (χ1) is 11.3. The second-order valence-corrected chi connectivity index (χ2v) is 5.90. The van der Waals surface area contributed by atoms with Gasteiger partial charge in [0, 0.05) is 0 Å². The average molecular weight is 364 g/mol. The maximum Gasteiger partial charge on any atom is 0.405 e. The van der Waals surface area contributed by atoms with Crippen molar-refractivity contribution in [3.63, 3.8) is 0 Å². The van der Waals surface area contributed by atoms with Crippen LogP contribution in [-0.4, -0.2) is 48.6 Å². The van der Waals surface area contributed by atoms with Crippen molar-refractivity contribution >= 4 is 29.1 Å². The van der Waals surface area contributed by atoms with Gasteiger partial charge >= 0.3 is 6.18 Å². The number of benzene rings is 1. The van der Waals surface area contributed by atoms with E-state index in [0.29, 0.717) is 30.1 Å². The van der Waals surface area contributed by atoms with Gasteiger partial charge in [-0.3, -0.25) is 14.5 Å². The van der Waals surface area contributed by atoms with Gasteiger partial charge in [-0.2, -0.15) is 13.2 Å². The van der Waals surface area contributed by atoms with Crippen LogP contribution in [0.5, 0.6) is 0 Å². The van der Waals surface area contributed by atoms with Gasteiger partial charge in [-0.1, -0.05) is 23.7 Å². The van der Waals surface area contributed by atoms with Gasteiger partial charge in [0.1, 0.15) is 6.54 Å². The number of carbonyl (C=O) groups is 2. The molecule has 2 rings (SSSR count). The summed E-state index contributed by atoms with van der Waals surface area (Å²) in [7, 11) is 0. The quantitative estimate of drug-likeness (QED) is 0.844. The predicted molar refractivity (Wildman–Crippen MR) is 83.7 cm³/mol. The lowest BCUT2D eigenvalue weighted by molar-refractivity contribution is -0.141. The number of amides is 2. The SMILES string of the molecule is O=C(CN1CCC[C@@H]1C(=O)NCC(F)(F)F)Nc1ccccc1Cl. The Hall–Kier alpha value is -1.80. The van der Waals surface area contributed by atoms with Crippen molar-refractivity contribution in [3.05, 3.63) is 29.3 Å². The first kappa shape index (κ1) is 18.5. The van der Waals surface area contributed by atoms with Crippen LogP contribution < -0.4 is 10.6 Å². The van der Waals surface area contributed by atoms with Crippen LogP contribution in [0.25, 0.3) is 0 Å². The molecule has 132 valence electrons. The number of rotatable bonds is 5. The number of hydrogen-bond donors (Lipinski definition) is 2. The van der Waals surface area contributed by atoms with E-state index in [-0.39, 0.29) is 12.5 Å². The molecule has 5 nitrogen and oxygen atoms in total. The van der Waals surface area contributed by atoms with E-state index in [1.807, 2.05) is 5.32 Å². The third-order valence-corrected chi connectivity index (χ3v) is 3.95. The number of anilines is 1. The van der Waals surface area contributed by atoms with Crippen molar-refractivity contribution in [2.24, 2.45) is 0 Å². The van der Waals surface area contributed by atoms with Gasteiger partial charge in [-0.15, -0.1) is 0 Å². The van der Waals surface area contributed by atoms with Gasteiger partial charge < -0.3 is 10.6 Å². The molecule has 1 atom stereocenters. The Labute approximate surface area is 142 Å². The summed E-state index contributed by atoms with van der Waals surface area (Å²) in [5.41, 5.74) is 0.446. The number of alkyl halides is 3. The van der Waals surface area contributed by atoms with Crippen molar-refractivity contribution in [3.8, 4) is 0 Å². The van der Waals surface area contributed by atoms with E-state index in [9.17, 15) is 22.8 Å². The summed E-state index contributed by atoms with van der Waals surface area (Å²) >= 11 is 5.95. The highest BCUT2D eigenvalue weighted by atomic mass is 35.5. The molecule has 1 aromatic rings. The minimum Gasteiger partial charge on any atom is -0.346 e. The number of para-hydroxylation sites is 1. The Morgan fingerprint density at radius 3 is 2.67 bits per heavy atom. The van der Waals surface area contributed by atoms with Crippen LogP contribution in [0.2, 0.25) is 5.02 Å². The molecular formula is C15H17ClF3N3O2. The lowest BCUT2D eigenvalue weighted by atomic mass is 10.2. The van der Waals surface area contributed by atoms with E-state index in [2.05, 4.69) is 5.32 Å². The van der Waals surface area contributed by atoms with E-state index in [4.69, 9.17) is 11.6 Å². The fourth-order valence-corrected chi connectivity index (χ4v) is 2.74. The molecule has 0 saturated carbocycles. The van der Waals surface area contributed by atoms with Crippen molar-refractivity contribution < 1.29 is 22.8 Å². The molecule has 0 aromatic heterocycles. The molecule has 0 aliphatic carbocycles. The van der Waals surface area contributed by atoms with E-state index < -0.39 is 24.7 Å². The predicted octanol–water partition coefficient (Wildman–Crippen LogP) is 2.42. The van der Waals surface area contributed by atoms with Crippen LogP contribution in [0.4, 0.5) is 18.9 Å². The van der Waals surface area contributed by atoms with Gasteiger partial charge in [0.15, 0.2) is 0 Å². The molecule has 9 heteroatoms. The third kappa shape index (κ3) is 5.38. The summed E-state index contributed by atoms with van der Waals surface area (Å²) in [5, 5.41) is 4.88. The molecule has 0 bridgehead atoms. The number of likely N-dealkylation sites (tertiary alicyclic amines) is 1. The topological polar surface area (TPSA) is 61.4 Å². The van der Waals surface area contributed by atoms with Crippen molar-refractivity contribution in [2.75, 3.05) is 25.0 Å². The maximum atomic E-state index is 12.2. The second-order valence-electron chi connectivity index (χ2n) is 5.49. The summed E-state index contributed by atoms with van der Waals surface area (Å²) in [6, 6.07) is 5.96. The average Bonchev–Trinajstić information content (AvgIpc) is 2.94. The molecule has 0 unspecified atom stereocenters. The van der Waals surface area contributed by atoms with Gasteiger partial charge in [-0.05, 0) is 31.5 Å². The molecule has 1 heterocycles. The summed E-state index contributed by atoms with van der Waals surface area (Å²) < 4.78 is 36.6. The standard InChI is InChI=1S/C15H17ClF3N3O2/c16-10-4-1-2-5-11(10)21-13(23)8-22-7-3-6-12(22)14(24)20-9-15(17,18)19/h1-2,4-5,12H,3,6-9H2,(H,20,24)(H,21,23)/t12-/m1/s1. The first-order valence-corrected chi connectivity index (χ1v) is 7.77. The molecule has 1 fully saturated rings. The molecule has 1 saturated heterocycles. The van der Waals surface area contributed by atoms with Crippen molar-refractivity contribution in [2.45, 2.75) is 25.1 Å². The van der Waals surface area contributed by atoms with Crippen LogP contribution in [0, 0.1) is 0 Å². The minimum absolute atomic E-state index is 0.0880. The van der Waals surface area contributed by atoms with Crippen LogP contribution in [0.15, 0.2) is 24.3 Å². The minimum atomic E-state index is -4.46. The Morgan fingerprint density at radius 2 is 2.00 bits per heavy atom. The Kier molecular flexibility index (Phi) is 6.06. The lowest BCUT2D eigenvalue weighted by Crippen LogP contribution is -2.47. The molecule has 1 aromatic carbocycles. The number of nitrogens with one attached hydrogen (secondary N) is 2. The summed E-state index contributed by atoms with van der Waals surface area (Å²) in [4.78, 5) is 25.5. The van der Waals surface area contributed by atoms with Gasteiger partial charge in [0.05, 0.1) is 23.3 Å². The number of hydrogen-bond acceptors (Lipinski definition) is 3. The monoisotopic (exact) mass is 363 g/mol. The number of nitrogens with zero attached hydrogens (tertiary/aromatic N) is 1. The Balaban J connectivity index is 1.90. The molecule has 0 spiro atoms. The summed E-state index contributed by atoms with van der Waals surface area (Å²) in [6.07, 6.45) is -3.40. The molecule has 2 amide bonds. The fraction of sp³-hybridized carbons (Fsp3) is 0.467. The molecule has 0 radical (unpaired) electrons. The Bertz CT molecular complexity index is 610. The highest BCUT2D eigenvalue weighted by Crippen LogP contribution is 2.22. The van der Waals surface area contributed by atoms with Crippen LogP contribution in [-0.2, 0) is 9.59 Å². The zero-order valence-electron chi connectivity index (χ0n) is 12.7. The summed E-state index contributed by atoms with van der Waals surface area (Å²) in [5.74, 6) is -1.09. The van der Waals surface area contributed by atoms with E-state index in [0.717, 1.165) is 0 Å². The molecule has 24 heavy (non-hydrogen) atoms. The second kappa shape index (κ2) is 7.85. The third-order valence-electron chi connectivity index (χ3n) is 3.62. The zero-order valence-corrected chi connectivity index (χ0v) is 13.5. The number of carbonyl (C=O) groups excluding carboxylic acids is 2. The number of halogens is 4. The molecule has 2 N–H and O–H groups in total. The van der Waals surface area contributed by atoms with Crippen LogP contribution >= 0.6 is 11.6 Å². The zero-order chi connectivity index (χ0) is 17.7. The molecular weight excluding hydrogens is 347 g/mol.